The maximum absolute atomic E-state index is 5.96. The van der Waals surface area contributed by atoms with Crippen LogP contribution in [0.5, 0.6) is 0 Å². The Kier molecular flexibility index (Phi) is 6.00. The van der Waals surface area contributed by atoms with Crippen LogP contribution in [0.25, 0.3) is 0 Å². The zero-order chi connectivity index (χ0) is 13.6. The van der Waals surface area contributed by atoms with Gasteiger partial charge < -0.3 is 11.1 Å². The van der Waals surface area contributed by atoms with Crippen LogP contribution in [0.2, 0.25) is 0 Å². The number of unbranched alkanes of at least 4 members (excludes halogenated alkanes) is 2. The van der Waals surface area contributed by atoms with Crippen molar-refractivity contribution in [1.82, 2.24) is 0 Å². The molecule has 1 rings (SSSR count). The minimum absolute atomic E-state index is 0.309. The monoisotopic (exact) mass is 312 g/mol. The molecule has 0 aliphatic heterocycles. The van der Waals surface area contributed by atoms with Crippen molar-refractivity contribution in [2.24, 2.45) is 5.41 Å². The fraction of sp³-hybridized carbons (Fsp3) is 0.600. The Bertz CT molecular complexity index is 375. The summed E-state index contributed by atoms with van der Waals surface area (Å²) in [4.78, 5) is 0. The lowest BCUT2D eigenvalue weighted by Crippen LogP contribution is -2.23. The number of hydrogen-bond donors (Lipinski definition) is 2. The van der Waals surface area contributed by atoms with Crippen molar-refractivity contribution in [3.8, 4) is 0 Å². The summed E-state index contributed by atoms with van der Waals surface area (Å²) in [6.07, 6.45) is 5.16. The van der Waals surface area contributed by atoms with E-state index in [1.54, 1.807) is 0 Å². The van der Waals surface area contributed by atoms with Crippen molar-refractivity contribution < 1.29 is 0 Å². The summed E-state index contributed by atoms with van der Waals surface area (Å²) in [5.41, 5.74) is 8.10. The van der Waals surface area contributed by atoms with Gasteiger partial charge in [-0.05, 0) is 30.0 Å². The predicted octanol–water partition coefficient (Wildman–Crippen LogP) is 5.05. The molecule has 3 heteroatoms. The standard InChI is InChI=1S/C15H25BrN2/c1-4-5-6-9-15(2,3)11-18-14-10-12(16)7-8-13(14)17/h7-8,10,18H,4-6,9,11,17H2,1-3H3. The number of hydrogen-bond acceptors (Lipinski definition) is 2. The zero-order valence-electron chi connectivity index (χ0n) is 11.7. The highest BCUT2D eigenvalue weighted by Crippen LogP contribution is 2.27. The number of nitrogens with one attached hydrogen (secondary N) is 1. The van der Waals surface area contributed by atoms with E-state index >= 15 is 0 Å². The normalized spacial score (nSPS) is 11.6. The summed E-state index contributed by atoms with van der Waals surface area (Å²) in [5.74, 6) is 0. The van der Waals surface area contributed by atoms with Gasteiger partial charge in [0.2, 0.25) is 0 Å². The molecule has 102 valence electrons. The minimum Gasteiger partial charge on any atom is -0.397 e. The molecule has 18 heavy (non-hydrogen) atoms. The van der Waals surface area contributed by atoms with E-state index in [2.05, 4.69) is 42.0 Å². The van der Waals surface area contributed by atoms with Gasteiger partial charge in [0.15, 0.2) is 0 Å². The fourth-order valence-corrected chi connectivity index (χ4v) is 2.32. The van der Waals surface area contributed by atoms with Crippen molar-refractivity contribution in [2.45, 2.75) is 46.5 Å². The first-order valence-electron chi connectivity index (χ1n) is 6.73. The average molecular weight is 313 g/mol. The van der Waals surface area contributed by atoms with Crippen LogP contribution in [-0.4, -0.2) is 6.54 Å². The second-order valence-electron chi connectivity index (χ2n) is 5.71. The Balaban J connectivity index is 2.50. The van der Waals surface area contributed by atoms with Crippen molar-refractivity contribution in [3.05, 3.63) is 22.7 Å². The van der Waals surface area contributed by atoms with Crippen LogP contribution in [0, 0.1) is 5.41 Å². The zero-order valence-corrected chi connectivity index (χ0v) is 13.3. The second kappa shape index (κ2) is 7.03. The van der Waals surface area contributed by atoms with E-state index in [-0.39, 0.29) is 0 Å². The van der Waals surface area contributed by atoms with Crippen LogP contribution in [0.3, 0.4) is 0 Å². The third kappa shape index (κ3) is 5.30. The van der Waals surface area contributed by atoms with E-state index in [9.17, 15) is 0 Å². The van der Waals surface area contributed by atoms with E-state index in [1.165, 1.54) is 25.7 Å². The van der Waals surface area contributed by atoms with Gasteiger partial charge in [-0.1, -0.05) is 56.0 Å². The fourth-order valence-electron chi connectivity index (χ4n) is 1.96. The molecule has 0 atom stereocenters. The smallest absolute Gasteiger partial charge is 0.0585 e. The highest BCUT2D eigenvalue weighted by Gasteiger charge is 2.17. The number of nitrogens with two attached hydrogens (primary N) is 1. The lowest BCUT2D eigenvalue weighted by molar-refractivity contribution is 0.342. The Morgan fingerprint density at radius 2 is 2.00 bits per heavy atom. The highest BCUT2D eigenvalue weighted by atomic mass is 79.9. The van der Waals surface area contributed by atoms with Crippen LogP contribution >= 0.6 is 15.9 Å². The van der Waals surface area contributed by atoms with Gasteiger partial charge in [0, 0.05) is 11.0 Å². The molecule has 0 radical (unpaired) electrons. The number of benzene rings is 1. The van der Waals surface area contributed by atoms with Crippen molar-refractivity contribution in [3.63, 3.8) is 0 Å². The Morgan fingerprint density at radius 1 is 1.28 bits per heavy atom. The lowest BCUT2D eigenvalue weighted by Gasteiger charge is -2.26. The summed E-state index contributed by atoms with van der Waals surface area (Å²) >= 11 is 3.47. The molecule has 1 aromatic rings. The lowest BCUT2D eigenvalue weighted by atomic mass is 9.87. The van der Waals surface area contributed by atoms with Gasteiger partial charge in [0.05, 0.1) is 11.4 Å². The molecule has 0 fully saturated rings. The minimum atomic E-state index is 0.309. The van der Waals surface area contributed by atoms with Crippen molar-refractivity contribution in [2.75, 3.05) is 17.6 Å². The number of halogens is 1. The molecule has 0 saturated heterocycles. The molecule has 0 amide bonds. The molecular formula is C15H25BrN2. The molecule has 2 nitrogen and oxygen atoms in total. The first-order chi connectivity index (χ1) is 8.44. The van der Waals surface area contributed by atoms with Crippen molar-refractivity contribution in [1.29, 1.82) is 0 Å². The van der Waals surface area contributed by atoms with Crippen LogP contribution in [0.1, 0.15) is 46.5 Å². The largest absolute Gasteiger partial charge is 0.397 e. The summed E-state index contributed by atoms with van der Waals surface area (Å²) in [6, 6.07) is 5.93. The van der Waals surface area contributed by atoms with Crippen LogP contribution in [0.4, 0.5) is 11.4 Å². The Hall–Kier alpha value is -0.700. The molecule has 0 saturated carbocycles. The maximum Gasteiger partial charge on any atom is 0.0585 e. The molecule has 0 spiro atoms. The third-order valence-electron chi connectivity index (χ3n) is 3.23. The average Bonchev–Trinajstić information content (AvgIpc) is 2.31. The third-order valence-corrected chi connectivity index (χ3v) is 3.72. The van der Waals surface area contributed by atoms with E-state index in [0.29, 0.717) is 5.41 Å². The van der Waals surface area contributed by atoms with Crippen LogP contribution in [0.15, 0.2) is 22.7 Å². The molecule has 0 aliphatic carbocycles. The molecule has 0 bridgehead atoms. The first-order valence-corrected chi connectivity index (χ1v) is 7.53. The molecule has 3 N–H and O–H groups in total. The summed E-state index contributed by atoms with van der Waals surface area (Å²) in [6.45, 7) is 7.82. The van der Waals surface area contributed by atoms with Crippen LogP contribution < -0.4 is 11.1 Å². The number of nitrogen functional groups attached to an aromatic ring is 1. The van der Waals surface area contributed by atoms with Gasteiger partial charge in [-0.25, -0.2) is 0 Å². The Labute approximate surface area is 119 Å². The summed E-state index contributed by atoms with van der Waals surface area (Å²) in [7, 11) is 0. The highest BCUT2D eigenvalue weighted by molar-refractivity contribution is 9.10. The SMILES string of the molecule is CCCCCC(C)(C)CNc1cc(Br)ccc1N. The molecule has 0 heterocycles. The van der Waals surface area contributed by atoms with Crippen LogP contribution in [-0.2, 0) is 0 Å². The molecule has 1 aromatic carbocycles. The second-order valence-corrected chi connectivity index (χ2v) is 6.62. The van der Waals surface area contributed by atoms with Crippen molar-refractivity contribution >= 4 is 27.3 Å². The molecule has 0 aromatic heterocycles. The molecular weight excluding hydrogens is 288 g/mol. The van der Waals surface area contributed by atoms with Gasteiger partial charge in [-0.2, -0.15) is 0 Å². The first kappa shape index (κ1) is 15.4. The van der Waals surface area contributed by atoms with E-state index in [0.717, 1.165) is 22.4 Å². The Morgan fingerprint density at radius 3 is 2.67 bits per heavy atom. The van der Waals surface area contributed by atoms with E-state index < -0.39 is 0 Å². The van der Waals surface area contributed by atoms with Gasteiger partial charge in [0.25, 0.3) is 0 Å². The van der Waals surface area contributed by atoms with Gasteiger partial charge in [-0.15, -0.1) is 0 Å². The van der Waals surface area contributed by atoms with Gasteiger partial charge in [-0.3, -0.25) is 0 Å². The van der Waals surface area contributed by atoms with Gasteiger partial charge >= 0.3 is 0 Å². The topological polar surface area (TPSA) is 38.0 Å². The van der Waals surface area contributed by atoms with Gasteiger partial charge in [0.1, 0.15) is 0 Å². The number of anilines is 2. The number of rotatable bonds is 7. The maximum atomic E-state index is 5.96. The predicted molar refractivity (Wildman–Crippen MR) is 85.0 cm³/mol. The van der Waals surface area contributed by atoms with E-state index in [1.807, 2.05) is 18.2 Å². The molecule has 0 aliphatic rings. The van der Waals surface area contributed by atoms with E-state index in [4.69, 9.17) is 5.73 Å². The molecule has 0 unspecified atom stereocenters. The summed E-state index contributed by atoms with van der Waals surface area (Å²) < 4.78 is 1.06. The quantitative estimate of drug-likeness (QED) is 0.546. The summed E-state index contributed by atoms with van der Waals surface area (Å²) in [5, 5.41) is 3.47.